The van der Waals surface area contributed by atoms with Crippen molar-refractivity contribution in [2.45, 2.75) is 19.8 Å². The molecule has 1 saturated heterocycles. The molecule has 1 rings (SSSR count). The van der Waals surface area contributed by atoms with Crippen LogP contribution in [0.1, 0.15) is 19.8 Å². The van der Waals surface area contributed by atoms with Gasteiger partial charge in [0.25, 0.3) is 0 Å². The number of hydrogen-bond donors (Lipinski definition) is 0. The van der Waals surface area contributed by atoms with E-state index in [2.05, 4.69) is 0 Å². The van der Waals surface area contributed by atoms with Crippen molar-refractivity contribution >= 4 is 12.4 Å². The normalized spacial score (nSPS) is 22.5. The Morgan fingerprint density at radius 1 is 1.69 bits per heavy atom. The topological polar surface area (TPSA) is 46.6 Å². The lowest BCUT2D eigenvalue weighted by molar-refractivity contribution is -0.149. The van der Waals surface area contributed by atoms with Gasteiger partial charge < -0.3 is 9.64 Å². The average molecular weight is 184 g/mol. The molecule has 1 amide bonds. The number of nitrogens with zero attached hydrogens (tertiary/aromatic N) is 1. The summed E-state index contributed by atoms with van der Waals surface area (Å²) in [5, 5.41) is 0. The van der Waals surface area contributed by atoms with Crippen molar-refractivity contribution < 1.29 is 14.3 Å². The van der Waals surface area contributed by atoms with Crippen molar-refractivity contribution in [1.82, 2.24) is 4.90 Å². The number of ether oxygens (including phenoxy) is 1. The van der Waals surface area contributed by atoms with Crippen molar-refractivity contribution in [1.29, 1.82) is 0 Å². The van der Waals surface area contributed by atoms with Crippen LogP contribution in [0.25, 0.3) is 0 Å². The van der Waals surface area contributed by atoms with Crippen LogP contribution in [0.4, 0.5) is 0 Å². The molecule has 1 fully saturated rings. The molecule has 1 radical (unpaired) electrons. The molecule has 4 heteroatoms. The Kier molecular flexibility index (Phi) is 3.73. The molecular weight excluding hydrogens is 170 g/mol. The third-order valence-electron chi connectivity index (χ3n) is 2.17. The number of piperidine rings is 1. The average Bonchev–Trinajstić information content (AvgIpc) is 2.18. The molecule has 0 saturated carbocycles. The molecule has 1 aliphatic rings. The maximum Gasteiger partial charge on any atom is 0.312 e. The predicted octanol–water partition coefficient (Wildman–Crippen LogP) is 0.329. The van der Waals surface area contributed by atoms with E-state index in [9.17, 15) is 9.59 Å². The lowest BCUT2D eigenvalue weighted by atomic mass is 9.99. The SMILES string of the molecule is CCOC(=O)C1CCCN([C]=O)C1. The molecule has 13 heavy (non-hydrogen) atoms. The minimum Gasteiger partial charge on any atom is -0.466 e. The lowest BCUT2D eigenvalue weighted by Crippen LogP contribution is -2.38. The van der Waals surface area contributed by atoms with Gasteiger partial charge in [-0.2, -0.15) is 0 Å². The Hall–Kier alpha value is -1.06. The first kappa shape index (κ1) is 10.0. The molecule has 1 unspecified atom stereocenters. The van der Waals surface area contributed by atoms with Crippen LogP contribution in [0, 0.1) is 5.92 Å². The van der Waals surface area contributed by atoms with E-state index in [-0.39, 0.29) is 11.9 Å². The first-order valence-electron chi connectivity index (χ1n) is 4.57. The van der Waals surface area contributed by atoms with E-state index in [4.69, 9.17) is 4.74 Å². The zero-order chi connectivity index (χ0) is 9.68. The number of rotatable bonds is 3. The summed E-state index contributed by atoms with van der Waals surface area (Å²) in [6.07, 6.45) is 3.48. The van der Waals surface area contributed by atoms with E-state index in [0.717, 1.165) is 12.8 Å². The fourth-order valence-corrected chi connectivity index (χ4v) is 1.51. The van der Waals surface area contributed by atoms with Crippen LogP contribution in [0.3, 0.4) is 0 Å². The summed E-state index contributed by atoms with van der Waals surface area (Å²) in [6.45, 7) is 3.35. The number of likely N-dealkylation sites (tertiary alicyclic amines) is 1. The van der Waals surface area contributed by atoms with Crippen LogP contribution in [-0.4, -0.2) is 37.0 Å². The molecule has 0 aromatic heterocycles. The van der Waals surface area contributed by atoms with Crippen molar-refractivity contribution in [3.05, 3.63) is 0 Å². The van der Waals surface area contributed by atoms with Gasteiger partial charge in [-0.05, 0) is 19.8 Å². The summed E-state index contributed by atoms with van der Waals surface area (Å²) in [6, 6.07) is 0. The molecule has 0 spiro atoms. The summed E-state index contributed by atoms with van der Waals surface area (Å²) in [5.41, 5.74) is 0. The van der Waals surface area contributed by atoms with Gasteiger partial charge in [-0.15, -0.1) is 0 Å². The molecule has 0 N–H and O–H groups in total. The molecule has 0 aromatic rings. The van der Waals surface area contributed by atoms with E-state index >= 15 is 0 Å². The quantitative estimate of drug-likeness (QED) is 0.594. The monoisotopic (exact) mass is 184 g/mol. The Morgan fingerprint density at radius 3 is 3.08 bits per heavy atom. The highest BCUT2D eigenvalue weighted by molar-refractivity contribution is 5.73. The van der Waals surface area contributed by atoms with Crippen LogP contribution in [-0.2, 0) is 14.3 Å². The fraction of sp³-hybridized carbons (Fsp3) is 0.778. The van der Waals surface area contributed by atoms with Gasteiger partial charge in [0.15, 0.2) is 0 Å². The standard InChI is InChI=1S/C9H14NO3/c1-2-13-9(12)8-4-3-5-10(6-8)7-11/h8H,2-6H2,1H3. The second kappa shape index (κ2) is 4.84. The Bertz CT molecular complexity index is 193. The van der Waals surface area contributed by atoms with E-state index in [1.165, 1.54) is 4.90 Å². The molecular formula is C9H14NO3. The minimum atomic E-state index is -0.192. The van der Waals surface area contributed by atoms with Gasteiger partial charge in [0.2, 0.25) is 0 Å². The van der Waals surface area contributed by atoms with Gasteiger partial charge in [0.1, 0.15) is 0 Å². The number of carbonyl (C=O) groups excluding carboxylic acids is 2. The lowest BCUT2D eigenvalue weighted by Gasteiger charge is -2.27. The van der Waals surface area contributed by atoms with Gasteiger partial charge >= 0.3 is 12.4 Å². The molecule has 0 bridgehead atoms. The van der Waals surface area contributed by atoms with E-state index in [1.54, 1.807) is 13.3 Å². The largest absolute Gasteiger partial charge is 0.466 e. The highest BCUT2D eigenvalue weighted by atomic mass is 16.5. The second-order valence-electron chi connectivity index (χ2n) is 3.13. The van der Waals surface area contributed by atoms with Crippen LogP contribution in [0.5, 0.6) is 0 Å². The molecule has 0 aliphatic carbocycles. The van der Waals surface area contributed by atoms with Crippen LogP contribution in [0.15, 0.2) is 0 Å². The summed E-state index contributed by atoms with van der Waals surface area (Å²) in [4.78, 5) is 23.1. The molecule has 1 atom stereocenters. The van der Waals surface area contributed by atoms with Gasteiger partial charge in [-0.3, -0.25) is 9.59 Å². The van der Waals surface area contributed by atoms with Gasteiger partial charge in [-0.1, -0.05) is 0 Å². The molecule has 1 aliphatic heterocycles. The molecule has 73 valence electrons. The number of esters is 1. The first-order valence-corrected chi connectivity index (χ1v) is 4.57. The summed E-state index contributed by atoms with van der Waals surface area (Å²) >= 11 is 0. The third-order valence-corrected chi connectivity index (χ3v) is 2.17. The van der Waals surface area contributed by atoms with E-state index in [1.807, 2.05) is 0 Å². The molecule has 1 heterocycles. The maximum absolute atomic E-state index is 11.3. The Balaban J connectivity index is 2.41. The highest BCUT2D eigenvalue weighted by Gasteiger charge is 2.26. The number of hydrogen-bond acceptors (Lipinski definition) is 3. The van der Waals surface area contributed by atoms with Gasteiger partial charge in [-0.25, -0.2) is 0 Å². The summed E-state index contributed by atoms with van der Waals surface area (Å²) in [7, 11) is 0. The first-order chi connectivity index (χ1) is 6.27. The van der Waals surface area contributed by atoms with E-state index in [0.29, 0.717) is 19.7 Å². The van der Waals surface area contributed by atoms with Crippen molar-refractivity contribution in [2.24, 2.45) is 5.92 Å². The van der Waals surface area contributed by atoms with Crippen molar-refractivity contribution in [3.8, 4) is 0 Å². The predicted molar refractivity (Wildman–Crippen MR) is 46.6 cm³/mol. The second-order valence-corrected chi connectivity index (χ2v) is 3.13. The van der Waals surface area contributed by atoms with Crippen LogP contribution >= 0.6 is 0 Å². The smallest absolute Gasteiger partial charge is 0.312 e. The number of amides is 1. The molecule has 4 nitrogen and oxygen atoms in total. The summed E-state index contributed by atoms with van der Waals surface area (Å²) in [5.74, 6) is -0.336. The van der Waals surface area contributed by atoms with E-state index < -0.39 is 0 Å². The van der Waals surface area contributed by atoms with Gasteiger partial charge in [0.05, 0.1) is 12.5 Å². The minimum absolute atomic E-state index is 0.143. The zero-order valence-electron chi connectivity index (χ0n) is 7.78. The van der Waals surface area contributed by atoms with Crippen molar-refractivity contribution in [3.63, 3.8) is 0 Å². The number of carbonyl (C=O) groups is 1. The highest BCUT2D eigenvalue weighted by Crippen LogP contribution is 2.16. The van der Waals surface area contributed by atoms with Gasteiger partial charge in [0, 0.05) is 13.1 Å². The van der Waals surface area contributed by atoms with Crippen molar-refractivity contribution in [2.75, 3.05) is 19.7 Å². The summed E-state index contributed by atoms with van der Waals surface area (Å²) < 4.78 is 4.88. The van der Waals surface area contributed by atoms with Crippen LogP contribution < -0.4 is 0 Å². The Labute approximate surface area is 77.8 Å². The fourth-order valence-electron chi connectivity index (χ4n) is 1.51. The zero-order valence-corrected chi connectivity index (χ0v) is 7.78. The maximum atomic E-state index is 11.3. The van der Waals surface area contributed by atoms with Crippen LogP contribution in [0.2, 0.25) is 0 Å². The Morgan fingerprint density at radius 2 is 2.46 bits per heavy atom. The third kappa shape index (κ3) is 2.72. The molecule has 0 aromatic carbocycles.